The molecular weight excluding hydrogens is 328 g/mol. The summed E-state index contributed by atoms with van der Waals surface area (Å²) in [4.78, 5) is 16.3. The summed E-state index contributed by atoms with van der Waals surface area (Å²) < 4.78 is 10.5. The molecule has 1 aromatic carbocycles. The summed E-state index contributed by atoms with van der Waals surface area (Å²) in [5.74, 6) is 2.63. The summed E-state index contributed by atoms with van der Waals surface area (Å²) in [5, 5.41) is 4.51. The number of rotatable bonds is 5. The molecule has 3 atom stereocenters. The number of benzene rings is 1. The van der Waals surface area contributed by atoms with Gasteiger partial charge < -0.3 is 9.26 Å². The fraction of sp³-hybridized carbons (Fsp3) is 0.500. The van der Waals surface area contributed by atoms with Crippen molar-refractivity contribution in [1.82, 2.24) is 10.1 Å². The zero-order valence-electron chi connectivity index (χ0n) is 13.3. The van der Waals surface area contributed by atoms with Crippen molar-refractivity contribution < 1.29 is 14.1 Å². The molecule has 2 saturated carbocycles. The first-order valence-corrected chi connectivity index (χ1v) is 8.79. The van der Waals surface area contributed by atoms with Crippen molar-refractivity contribution in [2.45, 2.75) is 38.7 Å². The number of aromatic nitrogens is 2. The monoisotopic (exact) mass is 346 g/mol. The van der Waals surface area contributed by atoms with Crippen molar-refractivity contribution >= 4 is 17.6 Å². The molecule has 2 aliphatic rings. The van der Waals surface area contributed by atoms with E-state index < -0.39 is 0 Å². The minimum absolute atomic E-state index is 0.0210. The number of ether oxygens (including phenoxy) is 1. The SMILES string of the molecule is O=C(C[C@H]1C[C@@H]2CC[C@@H]1C2)OCc1nc(-c2cccc(Cl)c2)no1. The van der Waals surface area contributed by atoms with E-state index in [1.54, 1.807) is 12.1 Å². The van der Waals surface area contributed by atoms with Gasteiger partial charge in [-0.25, -0.2) is 0 Å². The molecule has 0 amide bonds. The van der Waals surface area contributed by atoms with Crippen molar-refractivity contribution in [2.75, 3.05) is 0 Å². The number of hydrogen-bond acceptors (Lipinski definition) is 5. The van der Waals surface area contributed by atoms with Crippen LogP contribution in [0, 0.1) is 17.8 Å². The molecule has 1 aromatic heterocycles. The lowest BCUT2D eigenvalue weighted by molar-refractivity contribution is -0.147. The number of carbonyl (C=O) groups is 1. The lowest BCUT2D eigenvalue weighted by Gasteiger charge is -2.20. The second-order valence-electron chi connectivity index (χ2n) is 6.82. The van der Waals surface area contributed by atoms with Crippen molar-refractivity contribution in [1.29, 1.82) is 0 Å². The van der Waals surface area contributed by atoms with Gasteiger partial charge in [0.05, 0.1) is 0 Å². The Morgan fingerprint density at radius 1 is 1.33 bits per heavy atom. The maximum absolute atomic E-state index is 12.0. The Bertz CT molecular complexity index is 745. The average molecular weight is 347 g/mol. The molecule has 2 aromatic rings. The molecule has 24 heavy (non-hydrogen) atoms. The molecular formula is C18H19ClN2O3. The molecule has 0 N–H and O–H groups in total. The molecule has 4 rings (SSSR count). The van der Waals surface area contributed by atoms with Crippen LogP contribution in [0.25, 0.3) is 11.4 Å². The van der Waals surface area contributed by atoms with Crippen molar-refractivity contribution in [3.05, 3.63) is 35.2 Å². The Morgan fingerprint density at radius 2 is 2.25 bits per heavy atom. The Labute approximate surface area is 145 Å². The molecule has 0 unspecified atom stereocenters. The van der Waals surface area contributed by atoms with Crippen LogP contribution < -0.4 is 0 Å². The molecule has 2 bridgehead atoms. The van der Waals surface area contributed by atoms with Gasteiger partial charge in [0.15, 0.2) is 6.61 Å². The van der Waals surface area contributed by atoms with E-state index in [0.717, 1.165) is 17.4 Å². The Kier molecular flexibility index (Phi) is 4.27. The largest absolute Gasteiger partial charge is 0.456 e. The van der Waals surface area contributed by atoms with Crippen LogP contribution in [0.4, 0.5) is 0 Å². The highest BCUT2D eigenvalue weighted by Crippen LogP contribution is 2.49. The minimum Gasteiger partial charge on any atom is -0.456 e. The summed E-state index contributed by atoms with van der Waals surface area (Å²) in [6, 6.07) is 7.21. The van der Waals surface area contributed by atoms with Crippen LogP contribution in [0.15, 0.2) is 28.8 Å². The van der Waals surface area contributed by atoms with E-state index in [4.69, 9.17) is 20.9 Å². The Balaban J connectivity index is 1.31. The molecule has 0 aliphatic heterocycles. The fourth-order valence-electron chi connectivity index (χ4n) is 4.10. The molecule has 5 nitrogen and oxygen atoms in total. The number of fused-ring (bicyclic) bond motifs is 2. The maximum Gasteiger partial charge on any atom is 0.306 e. The van der Waals surface area contributed by atoms with Crippen LogP contribution in [0.1, 0.15) is 38.0 Å². The summed E-state index contributed by atoms with van der Waals surface area (Å²) in [6.07, 6.45) is 5.60. The maximum atomic E-state index is 12.0. The van der Waals surface area contributed by atoms with Crippen molar-refractivity contribution in [2.24, 2.45) is 17.8 Å². The first kappa shape index (κ1) is 15.6. The van der Waals surface area contributed by atoms with Gasteiger partial charge in [0, 0.05) is 17.0 Å². The smallest absolute Gasteiger partial charge is 0.306 e. The zero-order chi connectivity index (χ0) is 16.5. The van der Waals surface area contributed by atoms with Gasteiger partial charge in [-0.05, 0) is 49.1 Å². The summed E-state index contributed by atoms with van der Waals surface area (Å²) in [7, 11) is 0. The third-order valence-corrected chi connectivity index (χ3v) is 5.46. The topological polar surface area (TPSA) is 65.2 Å². The summed E-state index contributed by atoms with van der Waals surface area (Å²) >= 11 is 5.96. The lowest BCUT2D eigenvalue weighted by Crippen LogP contribution is -2.17. The number of carbonyl (C=O) groups excluding carboxylic acids is 1. The molecule has 6 heteroatoms. The van der Waals surface area contributed by atoms with Crippen molar-refractivity contribution in [3.8, 4) is 11.4 Å². The Morgan fingerprint density at radius 3 is 3.00 bits per heavy atom. The highest BCUT2D eigenvalue weighted by Gasteiger charge is 2.40. The molecule has 2 aliphatic carbocycles. The fourth-order valence-corrected chi connectivity index (χ4v) is 4.29. The second kappa shape index (κ2) is 6.55. The second-order valence-corrected chi connectivity index (χ2v) is 7.26. The molecule has 0 radical (unpaired) electrons. The van der Waals surface area contributed by atoms with E-state index in [0.29, 0.717) is 29.1 Å². The predicted molar refractivity (Wildman–Crippen MR) is 88.1 cm³/mol. The van der Waals surface area contributed by atoms with Gasteiger partial charge in [-0.3, -0.25) is 4.79 Å². The number of nitrogens with zero attached hydrogens (tertiary/aromatic N) is 2. The quantitative estimate of drug-likeness (QED) is 0.757. The number of halogens is 1. The van der Waals surface area contributed by atoms with E-state index in [-0.39, 0.29) is 12.6 Å². The first-order valence-electron chi connectivity index (χ1n) is 8.41. The third-order valence-electron chi connectivity index (χ3n) is 5.22. The van der Waals surface area contributed by atoms with E-state index in [2.05, 4.69) is 10.1 Å². The predicted octanol–water partition coefficient (Wildman–Crippen LogP) is 4.26. The van der Waals surface area contributed by atoms with Gasteiger partial charge in [-0.1, -0.05) is 35.3 Å². The van der Waals surface area contributed by atoms with Crippen LogP contribution in [-0.2, 0) is 16.1 Å². The van der Waals surface area contributed by atoms with Gasteiger partial charge in [0.25, 0.3) is 5.89 Å². The highest BCUT2D eigenvalue weighted by molar-refractivity contribution is 6.30. The van der Waals surface area contributed by atoms with Gasteiger partial charge in [0.2, 0.25) is 5.82 Å². The van der Waals surface area contributed by atoms with Crippen LogP contribution in [0.2, 0.25) is 5.02 Å². The molecule has 2 fully saturated rings. The van der Waals surface area contributed by atoms with Gasteiger partial charge in [0.1, 0.15) is 0 Å². The van der Waals surface area contributed by atoms with Gasteiger partial charge >= 0.3 is 5.97 Å². The molecule has 0 spiro atoms. The van der Waals surface area contributed by atoms with Gasteiger partial charge in [-0.2, -0.15) is 4.98 Å². The number of esters is 1. The van der Waals surface area contributed by atoms with Crippen LogP contribution >= 0.6 is 11.6 Å². The highest BCUT2D eigenvalue weighted by atomic mass is 35.5. The lowest BCUT2D eigenvalue weighted by atomic mass is 9.86. The normalized spacial score (nSPS) is 25.1. The van der Waals surface area contributed by atoms with E-state index in [1.807, 2.05) is 12.1 Å². The molecule has 126 valence electrons. The van der Waals surface area contributed by atoms with Gasteiger partial charge in [-0.15, -0.1) is 0 Å². The summed E-state index contributed by atoms with van der Waals surface area (Å²) in [5.41, 5.74) is 0.769. The first-order chi connectivity index (χ1) is 11.7. The summed E-state index contributed by atoms with van der Waals surface area (Å²) in [6.45, 7) is 0.0210. The average Bonchev–Trinajstić information content (AvgIpc) is 3.29. The van der Waals surface area contributed by atoms with E-state index in [9.17, 15) is 4.79 Å². The zero-order valence-corrected chi connectivity index (χ0v) is 14.0. The van der Waals surface area contributed by atoms with Crippen LogP contribution in [0.3, 0.4) is 0 Å². The number of hydrogen-bond donors (Lipinski definition) is 0. The molecule has 0 saturated heterocycles. The van der Waals surface area contributed by atoms with E-state index in [1.165, 1.54) is 25.7 Å². The molecule has 1 heterocycles. The Hall–Kier alpha value is -1.88. The van der Waals surface area contributed by atoms with Crippen LogP contribution in [0.5, 0.6) is 0 Å². The third kappa shape index (κ3) is 3.31. The minimum atomic E-state index is -0.171. The van der Waals surface area contributed by atoms with Crippen molar-refractivity contribution in [3.63, 3.8) is 0 Å². The standard InChI is InChI=1S/C18H19ClN2O3/c19-15-3-1-2-13(8-15)18-20-16(24-21-18)10-23-17(22)9-14-7-11-4-5-12(14)6-11/h1-3,8,11-12,14H,4-7,9-10H2/t11-,12-,14-/m1/s1. The van der Waals surface area contributed by atoms with E-state index >= 15 is 0 Å². The van der Waals surface area contributed by atoms with Crippen LogP contribution in [-0.4, -0.2) is 16.1 Å².